The molecule has 2 N–H and O–H groups in total. The zero-order chi connectivity index (χ0) is 11.5. The summed E-state index contributed by atoms with van der Waals surface area (Å²) in [6.45, 7) is 4.23. The van der Waals surface area contributed by atoms with Gasteiger partial charge in [0.05, 0.1) is 11.1 Å². The Morgan fingerprint density at radius 2 is 2.27 bits per heavy atom. The van der Waals surface area contributed by atoms with E-state index in [2.05, 4.69) is 4.98 Å². The maximum absolute atomic E-state index is 10.9. The first-order chi connectivity index (χ1) is 6.93. The summed E-state index contributed by atoms with van der Waals surface area (Å²) in [5.74, 6) is -0.745. The molecule has 1 aromatic rings. The van der Waals surface area contributed by atoms with Gasteiger partial charge in [-0.25, -0.2) is 0 Å². The number of anilines is 1. The van der Waals surface area contributed by atoms with E-state index in [-0.39, 0.29) is 0 Å². The summed E-state index contributed by atoms with van der Waals surface area (Å²) in [6.07, 6.45) is 4.38. The van der Waals surface area contributed by atoms with E-state index in [1.807, 2.05) is 30.4 Å². The number of nitrogens with zero attached hydrogens (tertiary/aromatic N) is 1. The molecule has 0 aliphatic rings. The highest BCUT2D eigenvalue weighted by Gasteiger charge is 2.26. The van der Waals surface area contributed by atoms with Crippen LogP contribution in [0.15, 0.2) is 18.5 Å². The zero-order valence-electron chi connectivity index (χ0n) is 9.45. The maximum atomic E-state index is 10.9. The Labute approximate surface area is 89.9 Å². The molecule has 1 rings (SSSR count). The SMILES string of the molecule is CN(CCC(C)(C)C(=O)O)c1cc[nH]c1. The fourth-order valence-electron chi connectivity index (χ4n) is 1.24. The van der Waals surface area contributed by atoms with Crippen molar-refractivity contribution < 1.29 is 9.90 Å². The van der Waals surface area contributed by atoms with E-state index in [0.717, 1.165) is 12.2 Å². The highest BCUT2D eigenvalue weighted by atomic mass is 16.4. The fourth-order valence-corrected chi connectivity index (χ4v) is 1.24. The number of aliphatic carboxylic acids is 1. The third kappa shape index (κ3) is 3.01. The minimum atomic E-state index is -0.745. The smallest absolute Gasteiger partial charge is 0.309 e. The standard InChI is InChI=1S/C11H18N2O2/c1-11(2,10(14)15)5-7-13(3)9-4-6-12-8-9/h4,6,8,12H,5,7H2,1-3H3,(H,14,15). The molecule has 0 spiro atoms. The molecule has 0 aromatic carbocycles. The second kappa shape index (κ2) is 4.38. The maximum Gasteiger partial charge on any atom is 0.309 e. The average molecular weight is 210 g/mol. The van der Waals surface area contributed by atoms with Gasteiger partial charge in [0.2, 0.25) is 0 Å². The van der Waals surface area contributed by atoms with Crippen LogP contribution in [0.2, 0.25) is 0 Å². The molecule has 0 amide bonds. The summed E-state index contributed by atoms with van der Waals surface area (Å²) in [5, 5.41) is 8.96. The molecule has 1 aromatic heterocycles. The highest BCUT2D eigenvalue weighted by molar-refractivity contribution is 5.73. The van der Waals surface area contributed by atoms with Crippen LogP contribution in [-0.4, -0.2) is 29.7 Å². The van der Waals surface area contributed by atoms with Crippen molar-refractivity contribution in [2.45, 2.75) is 20.3 Å². The summed E-state index contributed by atoms with van der Waals surface area (Å²) >= 11 is 0. The lowest BCUT2D eigenvalue weighted by Gasteiger charge is -2.24. The highest BCUT2D eigenvalue weighted by Crippen LogP contribution is 2.22. The molecule has 0 aliphatic heterocycles. The van der Waals surface area contributed by atoms with Crippen molar-refractivity contribution in [3.8, 4) is 0 Å². The number of rotatable bonds is 5. The Bertz CT molecular complexity index is 317. The van der Waals surface area contributed by atoms with Crippen molar-refractivity contribution in [1.29, 1.82) is 0 Å². The number of carbonyl (C=O) groups is 1. The lowest BCUT2D eigenvalue weighted by Crippen LogP contribution is -2.29. The molecule has 0 saturated carbocycles. The lowest BCUT2D eigenvalue weighted by molar-refractivity contribution is -0.147. The van der Waals surface area contributed by atoms with Crippen LogP contribution in [0, 0.1) is 5.41 Å². The van der Waals surface area contributed by atoms with Crippen LogP contribution >= 0.6 is 0 Å². The topological polar surface area (TPSA) is 56.3 Å². The van der Waals surface area contributed by atoms with E-state index in [0.29, 0.717) is 6.42 Å². The molecule has 0 saturated heterocycles. The first-order valence-corrected chi connectivity index (χ1v) is 5.01. The number of nitrogens with one attached hydrogen (secondary N) is 1. The van der Waals surface area contributed by atoms with Gasteiger partial charge >= 0.3 is 5.97 Å². The molecule has 84 valence electrons. The van der Waals surface area contributed by atoms with E-state index in [1.54, 1.807) is 13.8 Å². The van der Waals surface area contributed by atoms with Gasteiger partial charge in [-0.1, -0.05) is 0 Å². The van der Waals surface area contributed by atoms with Gasteiger partial charge in [-0.2, -0.15) is 0 Å². The van der Waals surface area contributed by atoms with E-state index in [4.69, 9.17) is 5.11 Å². The molecule has 0 unspecified atom stereocenters. The Hall–Kier alpha value is -1.45. The second-order valence-electron chi connectivity index (χ2n) is 4.43. The third-order valence-corrected chi connectivity index (χ3v) is 2.67. The van der Waals surface area contributed by atoms with Crippen LogP contribution in [0.5, 0.6) is 0 Å². The van der Waals surface area contributed by atoms with Crippen LogP contribution in [0.4, 0.5) is 5.69 Å². The van der Waals surface area contributed by atoms with Gasteiger partial charge < -0.3 is 15.0 Å². The number of hydrogen-bond acceptors (Lipinski definition) is 2. The predicted octanol–water partition coefficient (Wildman–Crippen LogP) is 1.95. The Morgan fingerprint density at radius 3 is 2.73 bits per heavy atom. The number of H-pyrrole nitrogens is 1. The molecule has 0 aliphatic carbocycles. The van der Waals surface area contributed by atoms with E-state index in [1.165, 1.54) is 0 Å². The van der Waals surface area contributed by atoms with Gasteiger partial charge in [0.25, 0.3) is 0 Å². The molecule has 4 heteroatoms. The zero-order valence-corrected chi connectivity index (χ0v) is 9.45. The number of carboxylic acids is 1. The van der Waals surface area contributed by atoms with E-state index in [9.17, 15) is 4.79 Å². The summed E-state index contributed by atoms with van der Waals surface area (Å²) < 4.78 is 0. The third-order valence-electron chi connectivity index (χ3n) is 2.67. The van der Waals surface area contributed by atoms with E-state index >= 15 is 0 Å². The van der Waals surface area contributed by atoms with Crippen molar-refractivity contribution in [2.24, 2.45) is 5.41 Å². The Morgan fingerprint density at radius 1 is 1.60 bits per heavy atom. The molecule has 4 nitrogen and oxygen atoms in total. The molecular formula is C11H18N2O2. The molecule has 0 bridgehead atoms. The number of aromatic nitrogens is 1. The van der Waals surface area contributed by atoms with Crippen molar-refractivity contribution in [2.75, 3.05) is 18.5 Å². The lowest BCUT2D eigenvalue weighted by atomic mass is 9.89. The number of aromatic amines is 1. The molecule has 15 heavy (non-hydrogen) atoms. The molecule has 0 atom stereocenters. The van der Waals surface area contributed by atoms with Crippen molar-refractivity contribution in [3.63, 3.8) is 0 Å². The largest absolute Gasteiger partial charge is 0.481 e. The van der Waals surface area contributed by atoms with Gasteiger partial charge in [0.1, 0.15) is 0 Å². The Kier molecular flexibility index (Phi) is 3.39. The van der Waals surface area contributed by atoms with Crippen molar-refractivity contribution >= 4 is 11.7 Å². The van der Waals surface area contributed by atoms with Gasteiger partial charge in [-0.15, -0.1) is 0 Å². The summed E-state index contributed by atoms with van der Waals surface area (Å²) in [6, 6.07) is 1.97. The molecular weight excluding hydrogens is 192 g/mol. The normalized spacial score (nSPS) is 11.4. The summed E-state index contributed by atoms with van der Waals surface area (Å²) in [4.78, 5) is 15.9. The van der Waals surface area contributed by atoms with Gasteiger partial charge in [-0.3, -0.25) is 4.79 Å². The van der Waals surface area contributed by atoms with Crippen LogP contribution in [0.25, 0.3) is 0 Å². The molecule has 0 fully saturated rings. The summed E-state index contributed by atoms with van der Waals surface area (Å²) in [5.41, 5.74) is 0.418. The van der Waals surface area contributed by atoms with Gasteiger partial charge in [-0.05, 0) is 26.3 Å². The minimum Gasteiger partial charge on any atom is -0.481 e. The fraction of sp³-hybridized carbons (Fsp3) is 0.545. The number of carboxylic acid groups (broad SMARTS) is 1. The van der Waals surface area contributed by atoms with Crippen LogP contribution < -0.4 is 4.90 Å². The van der Waals surface area contributed by atoms with Crippen LogP contribution in [0.3, 0.4) is 0 Å². The second-order valence-corrected chi connectivity index (χ2v) is 4.43. The minimum absolute atomic E-state index is 0.629. The average Bonchev–Trinajstić information content (AvgIpc) is 2.66. The number of hydrogen-bond donors (Lipinski definition) is 2. The van der Waals surface area contributed by atoms with Crippen LogP contribution in [0.1, 0.15) is 20.3 Å². The first kappa shape index (κ1) is 11.6. The Balaban J connectivity index is 2.47. The van der Waals surface area contributed by atoms with E-state index < -0.39 is 11.4 Å². The summed E-state index contributed by atoms with van der Waals surface area (Å²) in [7, 11) is 1.96. The first-order valence-electron chi connectivity index (χ1n) is 5.01. The molecule has 0 radical (unpaired) electrons. The van der Waals surface area contributed by atoms with Crippen LogP contribution in [-0.2, 0) is 4.79 Å². The van der Waals surface area contributed by atoms with Crippen molar-refractivity contribution in [3.05, 3.63) is 18.5 Å². The predicted molar refractivity (Wildman–Crippen MR) is 60.1 cm³/mol. The van der Waals surface area contributed by atoms with Gasteiger partial charge in [0, 0.05) is 26.0 Å². The quantitative estimate of drug-likeness (QED) is 0.781. The monoisotopic (exact) mass is 210 g/mol. The van der Waals surface area contributed by atoms with Gasteiger partial charge in [0.15, 0.2) is 0 Å². The molecule has 1 heterocycles. The van der Waals surface area contributed by atoms with Crippen molar-refractivity contribution in [1.82, 2.24) is 4.98 Å².